The Labute approximate surface area is 214 Å². The van der Waals surface area contributed by atoms with Gasteiger partial charge in [-0.15, -0.1) is 0 Å². The smallest absolute Gasteiger partial charge is 0.491 e. The van der Waals surface area contributed by atoms with Gasteiger partial charge in [0.15, 0.2) is 0 Å². The highest BCUT2D eigenvalue weighted by molar-refractivity contribution is 5.88. The Hall–Kier alpha value is -3.65. The van der Waals surface area contributed by atoms with Crippen LogP contribution in [0, 0.1) is 0 Å². The standard InChI is InChI=1S/C29H30F3NO4/c30-29(31,32)28(35)37-27(34)17-20-33-19-7-8-22-13-15-25(16-14-22)36-21-18-26(23-9-3-1-4-10-23)24-11-5-2-6-12-24/h1-6,9-16,26,33H,7-8,17-21H2. The van der Waals surface area contributed by atoms with E-state index in [0.29, 0.717) is 13.2 Å². The van der Waals surface area contributed by atoms with Crippen molar-refractivity contribution in [2.45, 2.75) is 37.8 Å². The van der Waals surface area contributed by atoms with Crippen molar-refractivity contribution in [3.63, 3.8) is 0 Å². The van der Waals surface area contributed by atoms with Gasteiger partial charge in [0.25, 0.3) is 0 Å². The normalized spacial score (nSPS) is 11.4. The maximum Gasteiger partial charge on any atom is 0.491 e. The van der Waals surface area contributed by atoms with Crippen molar-refractivity contribution >= 4 is 11.9 Å². The molecule has 8 heteroatoms. The van der Waals surface area contributed by atoms with E-state index in [1.165, 1.54) is 11.1 Å². The van der Waals surface area contributed by atoms with Crippen molar-refractivity contribution in [3.05, 3.63) is 102 Å². The van der Waals surface area contributed by atoms with Gasteiger partial charge in [-0.3, -0.25) is 4.79 Å². The summed E-state index contributed by atoms with van der Waals surface area (Å²) in [4.78, 5) is 21.8. The second kappa shape index (κ2) is 14.2. The maximum atomic E-state index is 12.1. The predicted molar refractivity (Wildman–Crippen MR) is 134 cm³/mol. The molecule has 0 saturated heterocycles. The second-order valence-electron chi connectivity index (χ2n) is 8.52. The van der Waals surface area contributed by atoms with Gasteiger partial charge in [0.05, 0.1) is 13.0 Å². The van der Waals surface area contributed by atoms with Crippen molar-refractivity contribution in [2.75, 3.05) is 19.7 Å². The highest BCUT2D eigenvalue weighted by Crippen LogP contribution is 2.28. The molecule has 0 aliphatic carbocycles. The van der Waals surface area contributed by atoms with Crippen molar-refractivity contribution < 1.29 is 32.2 Å². The lowest BCUT2D eigenvalue weighted by Gasteiger charge is -2.18. The minimum atomic E-state index is -5.17. The Bertz CT molecular complexity index is 1060. The molecule has 0 atom stereocenters. The van der Waals surface area contributed by atoms with Crippen LogP contribution in [0.5, 0.6) is 5.75 Å². The van der Waals surface area contributed by atoms with Gasteiger partial charge in [0.2, 0.25) is 0 Å². The number of esters is 2. The lowest BCUT2D eigenvalue weighted by Crippen LogP contribution is -2.29. The van der Waals surface area contributed by atoms with Crippen molar-refractivity contribution in [1.29, 1.82) is 0 Å². The van der Waals surface area contributed by atoms with E-state index in [1.807, 2.05) is 36.4 Å². The first-order valence-electron chi connectivity index (χ1n) is 12.2. The van der Waals surface area contributed by atoms with Gasteiger partial charge < -0.3 is 14.8 Å². The lowest BCUT2D eigenvalue weighted by molar-refractivity contribution is -0.201. The summed E-state index contributed by atoms with van der Waals surface area (Å²) >= 11 is 0. The molecule has 3 rings (SSSR count). The molecule has 3 aromatic carbocycles. The number of alkyl halides is 3. The quantitative estimate of drug-likeness (QED) is 0.177. The molecule has 0 saturated carbocycles. The van der Waals surface area contributed by atoms with Gasteiger partial charge in [-0.25, -0.2) is 4.79 Å². The topological polar surface area (TPSA) is 64.6 Å². The van der Waals surface area contributed by atoms with Gasteiger partial charge in [-0.05, 0) is 54.6 Å². The van der Waals surface area contributed by atoms with Gasteiger partial charge in [-0.2, -0.15) is 13.2 Å². The summed E-state index contributed by atoms with van der Waals surface area (Å²) in [5.41, 5.74) is 3.64. The molecule has 0 amide bonds. The van der Waals surface area contributed by atoms with Crippen LogP contribution in [0.2, 0.25) is 0 Å². The monoisotopic (exact) mass is 513 g/mol. The Kier molecular flexibility index (Phi) is 10.7. The molecule has 0 heterocycles. The van der Waals surface area contributed by atoms with Crippen LogP contribution in [-0.4, -0.2) is 37.8 Å². The lowest BCUT2D eigenvalue weighted by atomic mass is 9.89. The predicted octanol–water partition coefficient (Wildman–Crippen LogP) is 5.83. The minimum absolute atomic E-state index is 0.129. The fourth-order valence-corrected chi connectivity index (χ4v) is 3.89. The SMILES string of the molecule is O=C(CCNCCCc1ccc(OCCC(c2ccccc2)c2ccccc2)cc1)OC(=O)C(F)(F)F. The molecule has 0 radical (unpaired) electrons. The van der Waals surface area contributed by atoms with Crippen LogP contribution in [0.3, 0.4) is 0 Å². The van der Waals surface area contributed by atoms with E-state index in [2.05, 4.69) is 58.6 Å². The third-order valence-corrected chi connectivity index (χ3v) is 5.77. The fraction of sp³-hybridized carbons (Fsp3) is 0.310. The molecular weight excluding hydrogens is 483 g/mol. The number of aryl methyl sites for hydroxylation is 1. The van der Waals surface area contributed by atoms with Gasteiger partial charge >= 0.3 is 18.1 Å². The highest BCUT2D eigenvalue weighted by Gasteiger charge is 2.42. The molecule has 5 nitrogen and oxygen atoms in total. The molecule has 196 valence electrons. The van der Waals surface area contributed by atoms with E-state index < -0.39 is 18.1 Å². The first kappa shape index (κ1) is 27.9. The summed E-state index contributed by atoms with van der Waals surface area (Å²) in [5.74, 6) is -2.64. The summed E-state index contributed by atoms with van der Waals surface area (Å²) in [5, 5.41) is 2.96. The van der Waals surface area contributed by atoms with Gasteiger partial charge in [-0.1, -0.05) is 72.8 Å². The van der Waals surface area contributed by atoms with Crippen LogP contribution >= 0.6 is 0 Å². The molecule has 3 aromatic rings. The van der Waals surface area contributed by atoms with Crippen LogP contribution in [0.4, 0.5) is 13.2 Å². The van der Waals surface area contributed by atoms with Crippen LogP contribution in [-0.2, 0) is 20.7 Å². The summed E-state index contributed by atoms with van der Waals surface area (Å²) < 4.78 is 45.9. The van der Waals surface area contributed by atoms with Gasteiger partial charge in [0.1, 0.15) is 5.75 Å². The number of carbonyl (C=O) groups is 2. The summed E-state index contributed by atoms with van der Waals surface area (Å²) in [7, 11) is 0. The van der Waals surface area contributed by atoms with E-state index in [9.17, 15) is 22.8 Å². The van der Waals surface area contributed by atoms with E-state index in [0.717, 1.165) is 30.6 Å². The first-order chi connectivity index (χ1) is 17.8. The van der Waals surface area contributed by atoms with E-state index in [1.54, 1.807) is 0 Å². The Morgan fingerprint density at radius 1 is 0.811 bits per heavy atom. The molecule has 1 N–H and O–H groups in total. The molecule has 0 unspecified atom stereocenters. The molecule has 0 spiro atoms. The Balaban J connectivity index is 1.35. The molecule has 0 fully saturated rings. The number of rotatable bonds is 13. The number of benzene rings is 3. The van der Waals surface area contributed by atoms with Crippen LogP contribution in [0.25, 0.3) is 0 Å². The van der Waals surface area contributed by atoms with Crippen LogP contribution in [0.15, 0.2) is 84.9 Å². The minimum Gasteiger partial charge on any atom is -0.494 e. The summed E-state index contributed by atoms with van der Waals surface area (Å²) in [6.45, 7) is 1.28. The largest absolute Gasteiger partial charge is 0.494 e. The fourth-order valence-electron chi connectivity index (χ4n) is 3.89. The third kappa shape index (κ3) is 9.73. The van der Waals surface area contributed by atoms with E-state index >= 15 is 0 Å². The molecule has 0 aliphatic heterocycles. The van der Waals surface area contributed by atoms with E-state index in [-0.39, 0.29) is 18.9 Å². The third-order valence-electron chi connectivity index (χ3n) is 5.77. The molecule has 0 aromatic heterocycles. The maximum absolute atomic E-state index is 12.1. The Morgan fingerprint density at radius 3 is 1.97 bits per heavy atom. The Morgan fingerprint density at radius 2 is 1.41 bits per heavy atom. The van der Waals surface area contributed by atoms with Gasteiger partial charge in [0, 0.05) is 12.5 Å². The van der Waals surface area contributed by atoms with Crippen molar-refractivity contribution in [3.8, 4) is 5.75 Å². The van der Waals surface area contributed by atoms with Crippen molar-refractivity contribution in [2.24, 2.45) is 0 Å². The average Bonchev–Trinajstić information content (AvgIpc) is 2.90. The summed E-state index contributed by atoms with van der Waals surface area (Å²) in [6, 6.07) is 28.7. The molecule has 37 heavy (non-hydrogen) atoms. The number of ether oxygens (including phenoxy) is 2. The van der Waals surface area contributed by atoms with E-state index in [4.69, 9.17) is 4.74 Å². The zero-order chi connectivity index (χ0) is 26.5. The zero-order valence-electron chi connectivity index (χ0n) is 20.4. The number of hydrogen-bond acceptors (Lipinski definition) is 5. The zero-order valence-corrected chi connectivity index (χ0v) is 20.4. The molecule has 0 aliphatic rings. The number of carbonyl (C=O) groups excluding carboxylic acids is 2. The van der Waals surface area contributed by atoms with Crippen molar-refractivity contribution in [1.82, 2.24) is 5.32 Å². The van der Waals surface area contributed by atoms with Crippen LogP contribution in [0.1, 0.15) is 41.9 Å². The first-order valence-corrected chi connectivity index (χ1v) is 12.2. The second-order valence-corrected chi connectivity index (χ2v) is 8.52. The number of nitrogens with one attached hydrogen (secondary N) is 1. The van der Waals surface area contributed by atoms with Crippen LogP contribution < -0.4 is 10.1 Å². The number of hydrogen-bond donors (Lipinski definition) is 1. The average molecular weight is 514 g/mol. The number of halogens is 3. The highest BCUT2D eigenvalue weighted by atomic mass is 19.4. The molecular formula is C29H30F3NO4. The summed E-state index contributed by atoms with van der Waals surface area (Å²) in [6.07, 6.45) is -3.08. The molecule has 0 bridgehead atoms.